The summed E-state index contributed by atoms with van der Waals surface area (Å²) >= 11 is 7.02. The number of nitrogens with one attached hydrogen (secondary N) is 1. The topological polar surface area (TPSA) is 108 Å². The van der Waals surface area contributed by atoms with E-state index in [4.69, 9.17) is 26.1 Å². The highest BCUT2D eigenvalue weighted by Gasteiger charge is 2.44. The van der Waals surface area contributed by atoms with E-state index in [-0.39, 0.29) is 36.5 Å². The third-order valence-corrected chi connectivity index (χ3v) is 11.8. The predicted octanol–water partition coefficient (Wildman–Crippen LogP) is 6.92. The molecule has 2 bridgehead atoms. The van der Waals surface area contributed by atoms with Gasteiger partial charge in [0.1, 0.15) is 12.3 Å². The molecule has 1 amide bonds. The molecule has 0 saturated carbocycles. The molecule has 13 heteroatoms. The van der Waals surface area contributed by atoms with Gasteiger partial charge in [0.05, 0.1) is 15.9 Å². The van der Waals surface area contributed by atoms with E-state index in [9.17, 15) is 9.59 Å². The van der Waals surface area contributed by atoms with Crippen LogP contribution in [-0.4, -0.2) is 68.4 Å². The molecule has 4 atom stereocenters. The molecule has 0 spiro atoms. The first-order valence-electron chi connectivity index (χ1n) is 17.1. The molecule has 0 radical (unpaired) electrons. The summed E-state index contributed by atoms with van der Waals surface area (Å²) in [7, 11) is 2.39. The van der Waals surface area contributed by atoms with E-state index >= 15 is 0 Å². The number of benzene rings is 1. The Bertz CT molecular complexity index is 1900. The van der Waals surface area contributed by atoms with Gasteiger partial charge >= 0.3 is 6.09 Å². The summed E-state index contributed by atoms with van der Waals surface area (Å²) in [5.41, 5.74) is 2.16. The zero-order valence-corrected chi connectivity index (χ0v) is 31.5. The largest absolute Gasteiger partial charge is 0.444 e. The van der Waals surface area contributed by atoms with E-state index in [0.717, 1.165) is 53.8 Å². The molecule has 1 aromatic carbocycles. The van der Waals surface area contributed by atoms with E-state index in [0.29, 0.717) is 34.5 Å². The van der Waals surface area contributed by atoms with Crippen molar-refractivity contribution in [2.45, 2.75) is 110 Å². The molecule has 48 heavy (non-hydrogen) atoms. The number of anilines is 1. The average molecular weight is 696 g/mol. The van der Waals surface area contributed by atoms with Crippen molar-refractivity contribution in [2.24, 2.45) is 20.0 Å². The van der Waals surface area contributed by atoms with Crippen molar-refractivity contribution in [2.75, 3.05) is 11.5 Å². The van der Waals surface area contributed by atoms with Crippen molar-refractivity contribution >= 4 is 53.7 Å². The summed E-state index contributed by atoms with van der Waals surface area (Å²) < 4.78 is 17.2. The fourth-order valence-corrected chi connectivity index (χ4v) is 8.36. The molecule has 4 aromatic rings. The maximum absolute atomic E-state index is 14.5. The Kier molecular flexibility index (Phi) is 9.23. The number of ether oxygens (including phenoxy) is 2. The maximum Gasteiger partial charge on any atom is 0.407 e. The van der Waals surface area contributed by atoms with Gasteiger partial charge in [-0.3, -0.25) is 14.0 Å². The van der Waals surface area contributed by atoms with Crippen molar-refractivity contribution in [3.05, 3.63) is 39.9 Å². The quantitative estimate of drug-likeness (QED) is 0.158. The lowest BCUT2D eigenvalue weighted by atomic mass is 9.76. The van der Waals surface area contributed by atoms with Crippen molar-refractivity contribution in [1.82, 2.24) is 29.2 Å². The van der Waals surface area contributed by atoms with Crippen molar-refractivity contribution in [3.63, 3.8) is 0 Å². The second kappa shape index (κ2) is 12.8. The van der Waals surface area contributed by atoms with Gasteiger partial charge in [-0.2, -0.15) is 10.1 Å². The average Bonchev–Trinajstić information content (AvgIpc) is 3.54. The number of carbonyl (C=O) groups is 1. The van der Waals surface area contributed by atoms with E-state index in [1.54, 1.807) is 9.25 Å². The fourth-order valence-electron chi connectivity index (χ4n) is 7.29. The molecular weight excluding hydrogens is 646 g/mol. The molecule has 0 aliphatic carbocycles. The molecule has 1 N–H and O–H groups in total. The molecule has 3 aromatic heterocycles. The van der Waals surface area contributed by atoms with Crippen LogP contribution < -0.4 is 15.8 Å². The van der Waals surface area contributed by atoms with Gasteiger partial charge in [-0.25, -0.2) is 4.79 Å². The molecule has 2 fully saturated rings. The van der Waals surface area contributed by atoms with Crippen LogP contribution in [0.5, 0.6) is 0 Å². The Hall–Kier alpha value is -3.35. The van der Waals surface area contributed by atoms with Crippen LogP contribution in [0, 0.1) is 5.92 Å². The van der Waals surface area contributed by atoms with Gasteiger partial charge in [-0.05, 0) is 64.5 Å². The first kappa shape index (κ1) is 34.5. The number of nitrogens with zero attached hydrogens (tertiary/aromatic N) is 6. The SMILES string of the molecule is C[C@@H]1CC[C@H]2C[C@@H](NC(=O)OC(C)(C)C)C[C@@H]1N2c1nc2c(c(-c3ccc4nn(C)cc4c3Cl)cn2COCC[Si](C)(C)C)c(=O)n1C. The van der Waals surface area contributed by atoms with Crippen LogP contribution >= 0.6 is 11.6 Å². The number of hydrogen-bond donors (Lipinski definition) is 1. The number of aryl methyl sites for hydroxylation is 1. The fraction of sp³-hybridized carbons (Fsp3) is 0.600. The van der Waals surface area contributed by atoms with Crippen LogP contribution in [0.4, 0.5) is 10.7 Å². The van der Waals surface area contributed by atoms with Crippen LogP contribution in [0.15, 0.2) is 29.3 Å². The highest BCUT2D eigenvalue weighted by Crippen LogP contribution is 2.42. The highest BCUT2D eigenvalue weighted by molar-refractivity contribution is 6.76. The lowest BCUT2D eigenvalue weighted by molar-refractivity contribution is 0.0474. The summed E-state index contributed by atoms with van der Waals surface area (Å²) in [4.78, 5) is 34.8. The van der Waals surface area contributed by atoms with Crippen molar-refractivity contribution in [1.29, 1.82) is 0 Å². The second-order valence-corrected chi connectivity index (χ2v) is 22.0. The van der Waals surface area contributed by atoms with Gasteiger partial charge in [-0.15, -0.1) is 0 Å². The molecule has 2 saturated heterocycles. The number of rotatable bonds is 8. The normalized spacial score (nSPS) is 21.7. The van der Waals surface area contributed by atoms with Crippen LogP contribution in [0.25, 0.3) is 33.1 Å². The van der Waals surface area contributed by atoms with Gasteiger partial charge in [0.25, 0.3) is 5.56 Å². The van der Waals surface area contributed by atoms with E-state index < -0.39 is 13.7 Å². The second-order valence-electron chi connectivity index (χ2n) is 16.0. The molecule has 0 unspecified atom stereocenters. The molecule has 2 aliphatic heterocycles. The Morgan fingerprint density at radius 2 is 1.85 bits per heavy atom. The number of piperidine rings is 2. The number of amides is 1. The highest BCUT2D eigenvalue weighted by atomic mass is 35.5. The first-order valence-corrected chi connectivity index (χ1v) is 21.2. The van der Waals surface area contributed by atoms with Crippen LogP contribution in [0.3, 0.4) is 0 Å². The standard InChI is InChI=1S/C35H50ClN7O4Si/c1-21-10-11-23-16-22(37-34(45)47-35(2,3)4)17-28(21)43(23)33-38-31-29(32(44)41(33)6)25(19-42(31)20-46-14-15-48(7,8)9)24-12-13-27-26(30(24)36)18-40(5)39-27/h12-13,18-19,21-23,28H,10-11,14-17,20H2,1-9H3,(H,37,45)/t21-,22-,23+,28+/m1/s1. The number of alkyl carbamates (subject to hydrolysis) is 1. The molecule has 6 rings (SSSR count). The van der Waals surface area contributed by atoms with Crippen LogP contribution in [0.1, 0.15) is 53.4 Å². The number of aromatic nitrogens is 5. The molecule has 260 valence electrons. The van der Waals surface area contributed by atoms with Crippen molar-refractivity contribution in [3.8, 4) is 11.1 Å². The minimum atomic E-state index is -1.29. The van der Waals surface area contributed by atoms with Crippen LogP contribution in [0.2, 0.25) is 30.7 Å². The summed E-state index contributed by atoms with van der Waals surface area (Å²) in [6, 6.07) is 5.12. The summed E-state index contributed by atoms with van der Waals surface area (Å²) in [6.07, 6.45) is 7.01. The predicted molar refractivity (Wildman–Crippen MR) is 195 cm³/mol. The zero-order valence-electron chi connectivity index (χ0n) is 29.8. The van der Waals surface area contributed by atoms with E-state index in [1.807, 2.05) is 64.0 Å². The Morgan fingerprint density at radius 3 is 2.56 bits per heavy atom. The van der Waals surface area contributed by atoms with E-state index in [2.05, 4.69) is 41.9 Å². The molecular formula is C35H50ClN7O4Si. The number of hydrogen-bond acceptors (Lipinski definition) is 7. The Morgan fingerprint density at radius 1 is 1.10 bits per heavy atom. The lowest BCUT2D eigenvalue weighted by Crippen LogP contribution is -2.61. The third-order valence-electron chi connectivity index (χ3n) is 9.73. The molecule has 11 nitrogen and oxygen atoms in total. The number of fused-ring (bicyclic) bond motifs is 4. The van der Waals surface area contributed by atoms with E-state index in [1.165, 1.54) is 0 Å². The minimum Gasteiger partial charge on any atom is -0.444 e. The lowest BCUT2D eigenvalue weighted by Gasteiger charge is -2.52. The summed E-state index contributed by atoms with van der Waals surface area (Å²) in [5, 5.41) is 9.53. The monoisotopic (exact) mass is 695 g/mol. The first-order chi connectivity index (χ1) is 22.5. The smallest absolute Gasteiger partial charge is 0.407 e. The van der Waals surface area contributed by atoms with Gasteiger partial charge in [0.2, 0.25) is 5.95 Å². The zero-order chi connectivity index (χ0) is 34.7. The van der Waals surface area contributed by atoms with Gasteiger partial charge in [0.15, 0.2) is 5.65 Å². The molecule has 5 heterocycles. The molecule has 2 aliphatic rings. The van der Waals surface area contributed by atoms with Gasteiger partial charge < -0.3 is 24.3 Å². The van der Waals surface area contributed by atoms with Crippen LogP contribution in [-0.2, 0) is 30.3 Å². The van der Waals surface area contributed by atoms with Gasteiger partial charge in [-0.1, -0.05) is 44.2 Å². The van der Waals surface area contributed by atoms with Crippen molar-refractivity contribution < 1.29 is 14.3 Å². The Balaban J connectivity index is 1.42. The summed E-state index contributed by atoms with van der Waals surface area (Å²) in [6.45, 7) is 15.8. The van der Waals surface area contributed by atoms with Gasteiger partial charge in [0, 0.05) is 75.8 Å². The number of carbonyl (C=O) groups excluding carboxylic acids is 1. The summed E-state index contributed by atoms with van der Waals surface area (Å²) in [5.74, 6) is 1.00. The third kappa shape index (κ3) is 6.89. The maximum atomic E-state index is 14.5. The minimum absolute atomic E-state index is 0.0191. The Labute approximate surface area is 288 Å². The number of halogens is 1.